The van der Waals surface area contributed by atoms with E-state index in [1.54, 1.807) is 6.92 Å². The van der Waals surface area contributed by atoms with E-state index >= 15 is 0 Å². The molecule has 0 aromatic heterocycles. The summed E-state index contributed by atoms with van der Waals surface area (Å²) in [6.07, 6.45) is -1.16. The fraction of sp³-hybridized carbons (Fsp3) is 0.800. The summed E-state index contributed by atoms with van der Waals surface area (Å²) >= 11 is 0. The number of nitrogens with zero attached hydrogens (tertiary/aromatic N) is 1. The van der Waals surface area contributed by atoms with Crippen molar-refractivity contribution in [3.05, 3.63) is 0 Å². The van der Waals surface area contributed by atoms with Crippen molar-refractivity contribution in [2.24, 2.45) is 0 Å². The van der Waals surface area contributed by atoms with Crippen molar-refractivity contribution in [2.75, 3.05) is 13.2 Å². The van der Waals surface area contributed by atoms with E-state index in [0.29, 0.717) is 13.2 Å². The Labute approximate surface area is 53.0 Å². The molecule has 1 aliphatic heterocycles. The Hall–Kier alpha value is -0.770. The van der Waals surface area contributed by atoms with Crippen LogP contribution in [0.5, 0.6) is 0 Å². The minimum absolute atomic E-state index is 0.262. The van der Waals surface area contributed by atoms with Gasteiger partial charge in [-0.2, -0.15) is 0 Å². The molecule has 0 radical (unpaired) electrons. The van der Waals surface area contributed by atoms with Gasteiger partial charge in [0.05, 0.1) is 13.2 Å². The Morgan fingerprint density at radius 1 is 1.89 bits per heavy atom. The molecule has 9 heavy (non-hydrogen) atoms. The first kappa shape index (κ1) is 6.35. The van der Waals surface area contributed by atoms with E-state index in [1.807, 2.05) is 0 Å². The van der Waals surface area contributed by atoms with Gasteiger partial charge in [-0.05, 0) is 6.92 Å². The average Bonchev–Trinajstić information content (AvgIpc) is 2.13. The van der Waals surface area contributed by atoms with Crippen LogP contribution in [0.4, 0.5) is 4.79 Å². The second kappa shape index (κ2) is 2.23. The second-order valence-corrected chi connectivity index (χ2v) is 1.95. The highest BCUT2D eigenvalue weighted by Crippen LogP contribution is 2.07. The van der Waals surface area contributed by atoms with Gasteiger partial charge in [-0.25, -0.2) is 4.79 Å². The van der Waals surface area contributed by atoms with E-state index in [2.05, 4.69) is 0 Å². The van der Waals surface area contributed by atoms with Crippen LogP contribution in [0.15, 0.2) is 0 Å². The molecule has 1 rings (SSSR count). The molecule has 1 atom stereocenters. The fourth-order valence-corrected chi connectivity index (χ4v) is 0.845. The lowest BCUT2D eigenvalue weighted by molar-refractivity contribution is 0.0498. The van der Waals surface area contributed by atoms with E-state index in [-0.39, 0.29) is 6.23 Å². The number of amides is 1. The predicted molar refractivity (Wildman–Crippen MR) is 30.1 cm³/mol. The van der Waals surface area contributed by atoms with Gasteiger partial charge in [-0.1, -0.05) is 0 Å². The van der Waals surface area contributed by atoms with Gasteiger partial charge < -0.3 is 9.84 Å². The van der Waals surface area contributed by atoms with Crippen LogP contribution >= 0.6 is 0 Å². The van der Waals surface area contributed by atoms with E-state index in [9.17, 15) is 4.79 Å². The van der Waals surface area contributed by atoms with Crippen LogP contribution in [0, 0.1) is 0 Å². The van der Waals surface area contributed by atoms with Gasteiger partial charge in [-0.3, -0.25) is 4.90 Å². The monoisotopic (exact) mass is 131 g/mol. The summed E-state index contributed by atoms with van der Waals surface area (Å²) < 4.78 is 4.97. The molecule has 0 spiro atoms. The number of ether oxygens (including phenoxy) is 1. The van der Waals surface area contributed by atoms with Gasteiger partial charge in [0.15, 0.2) is 0 Å². The Bertz CT molecular complexity index is 125. The van der Waals surface area contributed by atoms with Crippen molar-refractivity contribution >= 4 is 6.09 Å². The lowest BCUT2D eigenvalue weighted by atomic mass is 10.5. The Morgan fingerprint density at radius 2 is 2.56 bits per heavy atom. The third-order valence-electron chi connectivity index (χ3n) is 1.38. The summed E-state index contributed by atoms with van der Waals surface area (Å²) in [5, 5.41) is 8.43. The molecular weight excluding hydrogens is 122 g/mol. The molecule has 0 bridgehead atoms. The van der Waals surface area contributed by atoms with Crippen molar-refractivity contribution < 1.29 is 14.6 Å². The molecule has 1 N–H and O–H groups in total. The molecule has 1 fully saturated rings. The van der Waals surface area contributed by atoms with E-state index < -0.39 is 6.09 Å². The van der Waals surface area contributed by atoms with Gasteiger partial charge in [-0.15, -0.1) is 0 Å². The molecule has 1 saturated heterocycles. The first-order valence-corrected chi connectivity index (χ1v) is 2.83. The van der Waals surface area contributed by atoms with Gasteiger partial charge in [0.1, 0.15) is 6.23 Å². The van der Waals surface area contributed by atoms with Crippen molar-refractivity contribution in [3.63, 3.8) is 0 Å². The maximum atomic E-state index is 10.3. The third-order valence-corrected chi connectivity index (χ3v) is 1.38. The zero-order valence-electron chi connectivity index (χ0n) is 5.20. The van der Waals surface area contributed by atoms with Crippen molar-refractivity contribution in [3.8, 4) is 0 Å². The molecule has 52 valence electrons. The minimum atomic E-state index is -0.903. The molecule has 1 unspecified atom stereocenters. The first-order valence-electron chi connectivity index (χ1n) is 2.83. The van der Waals surface area contributed by atoms with Gasteiger partial charge >= 0.3 is 6.09 Å². The van der Waals surface area contributed by atoms with E-state index in [0.717, 1.165) is 0 Å². The standard InChI is InChI=1S/C5H9NO3/c1-4-6(5(7)8)2-3-9-4/h4H,2-3H2,1H3,(H,7,8). The maximum absolute atomic E-state index is 10.3. The van der Waals surface area contributed by atoms with Gasteiger partial charge in [0, 0.05) is 0 Å². The molecule has 1 amide bonds. The van der Waals surface area contributed by atoms with Gasteiger partial charge in [0.2, 0.25) is 0 Å². The van der Waals surface area contributed by atoms with E-state index in [1.165, 1.54) is 4.90 Å². The smallest absolute Gasteiger partial charge is 0.409 e. The second-order valence-electron chi connectivity index (χ2n) is 1.95. The van der Waals surface area contributed by atoms with Crippen LogP contribution in [-0.4, -0.2) is 35.5 Å². The quantitative estimate of drug-likeness (QED) is 0.515. The normalized spacial score (nSPS) is 26.8. The first-order chi connectivity index (χ1) is 4.22. The van der Waals surface area contributed by atoms with Crippen molar-refractivity contribution in [1.29, 1.82) is 0 Å². The summed E-state index contributed by atoms with van der Waals surface area (Å²) in [5.74, 6) is 0. The highest BCUT2D eigenvalue weighted by molar-refractivity contribution is 5.65. The van der Waals surface area contributed by atoms with Crippen molar-refractivity contribution in [1.82, 2.24) is 4.90 Å². The summed E-state index contributed by atoms with van der Waals surface area (Å²) in [4.78, 5) is 11.5. The fourth-order valence-electron chi connectivity index (χ4n) is 0.845. The zero-order valence-corrected chi connectivity index (χ0v) is 5.20. The summed E-state index contributed by atoms with van der Waals surface area (Å²) in [6.45, 7) is 2.74. The predicted octanol–water partition coefficient (Wildman–Crippen LogP) is 0.343. The summed E-state index contributed by atoms with van der Waals surface area (Å²) in [5.41, 5.74) is 0. The average molecular weight is 131 g/mol. The summed E-state index contributed by atoms with van der Waals surface area (Å²) in [6, 6.07) is 0. The molecular formula is C5H9NO3. The molecule has 1 aliphatic rings. The number of hydrogen-bond acceptors (Lipinski definition) is 2. The topological polar surface area (TPSA) is 49.8 Å². The number of rotatable bonds is 0. The molecule has 0 aliphatic carbocycles. The molecule has 0 saturated carbocycles. The van der Waals surface area contributed by atoms with Crippen molar-refractivity contribution in [2.45, 2.75) is 13.2 Å². The molecule has 0 aromatic carbocycles. The molecule has 0 aromatic rings. The zero-order chi connectivity index (χ0) is 6.85. The summed E-state index contributed by atoms with van der Waals surface area (Å²) in [7, 11) is 0. The largest absolute Gasteiger partial charge is 0.465 e. The number of carbonyl (C=O) groups is 1. The number of carboxylic acid groups (broad SMARTS) is 1. The Morgan fingerprint density at radius 3 is 2.78 bits per heavy atom. The highest BCUT2D eigenvalue weighted by Gasteiger charge is 2.24. The lowest BCUT2D eigenvalue weighted by Crippen LogP contribution is -2.32. The van der Waals surface area contributed by atoms with Crippen LogP contribution in [0.25, 0.3) is 0 Å². The molecule has 1 heterocycles. The third kappa shape index (κ3) is 1.13. The lowest BCUT2D eigenvalue weighted by Gasteiger charge is -2.14. The minimum Gasteiger partial charge on any atom is -0.465 e. The van der Waals surface area contributed by atoms with Crippen LogP contribution < -0.4 is 0 Å². The van der Waals surface area contributed by atoms with E-state index in [4.69, 9.17) is 9.84 Å². The van der Waals surface area contributed by atoms with Crippen LogP contribution in [0.1, 0.15) is 6.92 Å². The maximum Gasteiger partial charge on any atom is 0.409 e. The molecule has 4 nitrogen and oxygen atoms in total. The highest BCUT2D eigenvalue weighted by atomic mass is 16.5. The van der Waals surface area contributed by atoms with Crippen LogP contribution in [0.3, 0.4) is 0 Å². The van der Waals surface area contributed by atoms with Gasteiger partial charge in [0.25, 0.3) is 0 Å². The molecule has 4 heteroatoms. The van der Waals surface area contributed by atoms with Crippen LogP contribution in [-0.2, 0) is 4.74 Å². The van der Waals surface area contributed by atoms with Crippen LogP contribution in [0.2, 0.25) is 0 Å². The Kier molecular flexibility index (Phi) is 1.57. The number of hydrogen-bond donors (Lipinski definition) is 1. The SMILES string of the molecule is CC1OCCN1C(=O)O. The Balaban J connectivity index is 2.49.